The van der Waals surface area contributed by atoms with Crippen LogP contribution in [-0.4, -0.2) is 58.8 Å². The van der Waals surface area contributed by atoms with E-state index in [9.17, 15) is 24.9 Å². The number of ether oxygens (including phenoxy) is 2. The maximum atomic E-state index is 12.0. The van der Waals surface area contributed by atoms with Crippen molar-refractivity contribution in [2.75, 3.05) is 13.2 Å². The lowest BCUT2D eigenvalue weighted by Crippen LogP contribution is -2.25. The van der Waals surface area contributed by atoms with Crippen molar-refractivity contribution in [3.05, 3.63) is 72.9 Å². The highest BCUT2D eigenvalue weighted by molar-refractivity contribution is 5.69. The monoisotopic (exact) mass is 701 g/mol. The van der Waals surface area contributed by atoms with Crippen molar-refractivity contribution < 1.29 is 34.4 Å². The van der Waals surface area contributed by atoms with Crippen molar-refractivity contribution >= 4 is 11.9 Å². The van der Waals surface area contributed by atoms with E-state index in [1.54, 1.807) is 24.3 Å². The maximum absolute atomic E-state index is 12.0. The summed E-state index contributed by atoms with van der Waals surface area (Å²) in [6.07, 6.45) is 43.2. The first-order chi connectivity index (χ1) is 24.4. The minimum atomic E-state index is -1.04. The van der Waals surface area contributed by atoms with E-state index in [0.717, 1.165) is 32.1 Å². The van der Waals surface area contributed by atoms with Gasteiger partial charge in [0.05, 0.1) is 12.2 Å². The molecule has 0 spiro atoms. The summed E-state index contributed by atoms with van der Waals surface area (Å²) >= 11 is 0. The molecule has 0 unspecified atom stereocenters. The molecule has 0 aromatic carbocycles. The zero-order chi connectivity index (χ0) is 36.8. The van der Waals surface area contributed by atoms with Gasteiger partial charge in [0.25, 0.3) is 0 Å². The zero-order valence-corrected chi connectivity index (χ0v) is 31.6. The second-order valence-electron chi connectivity index (χ2n) is 13.1. The van der Waals surface area contributed by atoms with Gasteiger partial charge in [-0.15, -0.1) is 0 Å². The van der Waals surface area contributed by atoms with Crippen molar-refractivity contribution in [2.45, 2.75) is 173 Å². The highest BCUT2D eigenvalue weighted by Crippen LogP contribution is 2.14. The fourth-order valence-electron chi connectivity index (χ4n) is 5.12. The average Bonchev–Trinajstić information content (AvgIpc) is 3.10. The summed E-state index contributed by atoms with van der Waals surface area (Å²) in [5, 5.41) is 29.8. The molecule has 0 heterocycles. The van der Waals surface area contributed by atoms with Crippen LogP contribution >= 0.6 is 0 Å². The molecule has 50 heavy (non-hydrogen) atoms. The van der Waals surface area contributed by atoms with Gasteiger partial charge < -0.3 is 24.8 Å². The molecule has 0 aromatic rings. The molecule has 0 rings (SSSR count). The Bertz CT molecular complexity index is 962. The van der Waals surface area contributed by atoms with Crippen LogP contribution in [0.3, 0.4) is 0 Å². The molecule has 0 aliphatic rings. The molecule has 0 radical (unpaired) electrons. The number of allylic oxidation sites excluding steroid dienone is 8. The fourth-order valence-corrected chi connectivity index (χ4v) is 5.12. The second-order valence-corrected chi connectivity index (χ2v) is 13.1. The molecule has 0 aliphatic carbocycles. The molecular formula is C43H72O7. The Balaban J connectivity index is 3.72. The number of aliphatic hydroxyl groups excluding tert-OH is 3. The van der Waals surface area contributed by atoms with Crippen LogP contribution in [0.5, 0.6) is 0 Å². The lowest BCUT2D eigenvalue weighted by molar-refractivity contribution is -0.152. The number of carbonyl (C=O) groups excluding carboxylic acids is 2. The van der Waals surface area contributed by atoms with Crippen LogP contribution in [0.15, 0.2) is 72.9 Å². The Morgan fingerprint density at radius 1 is 0.540 bits per heavy atom. The van der Waals surface area contributed by atoms with E-state index in [1.807, 2.05) is 48.6 Å². The van der Waals surface area contributed by atoms with Gasteiger partial charge in [0.1, 0.15) is 19.3 Å². The van der Waals surface area contributed by atoms with E-state index in [0.29, 0.717) is 25.7 Å². The maximum Gasteiger partial charge on any atom is 0.305 e. The molecule has 3 N–H and O–H groups in total. The summed E-state index contributed by atoms with van der Waals surface area (Å²) in [5.74, 6) is -0.744. The Kier molecular flexibility index (Phi) is 35.5. The third-order valence-corrected chi connectivity index (χ3v) is 8.13. The minimum Gasteiger partial charge on any atom is -0.463 e. The normalized spacial score (nSPS) is 14.3. The first-order valence-corrected chi connectivity index (χ1v) is 19.7. The number of carbonyl (C=O) groups is 2. The molecule has 7 nitrogen and oxygen atoms in total. The number of hydrogen-bond acceptors (Lipinski definition) is 7. The Morgan fingerprint density at radius 2 is 1.04 bits per heavy atom. The molecule has 0 aliphatic heterocycles. The molecule has 0 saturated heterocycles. The first kappa shape index (κ1) is 47.3. The zero-order valence-electron chi connectivity index (χ0n) is 31.6. The largest absolute Gasteiger partial charge is 0.463 e. The highest BCUT2D eigenvalue weighted by Gasteiger charge is 2.12. The second kappa shape index (κ2) is 37.5. The SMILES string of the molecule is CC/C=C\C[C@@H](O)/C=C/C=C\C/C=C\C=C\[C@@H](O)/C=C\CCCC(=O)OC[C@H](O)COC(=O)CCCCCCCCCCCCCCCCC. The summed E-state index contributed by atoms with van der Waals surface area (Å²) in [6, 6.07) is 0. The Labute approximate surface area is 305 Å². The molecule has 286 valence electrons. The third-order valence-electron chi connectivity index (χ3n) is 8.13. The van der Waals surface area contributed by atoms with Gasteiger partial charge >= 0.3 is 11.9 Å². The number of rotatable bonds is 34. The van der Waals surface area contributed by atoms with Gasteiger partial charge in [-0.3, -0.25) is 9.59 Å². The van der Waals surface area contributed by atoms with E-state index >= 15 is 0 Å². The summed E-state index contributed by atoms with van der Waals surface area (Å²) in [7, 11) is 0. The van der Waals surface area contributed by atoms with Crippen molar-refractivity contribution in [1.29, 1.82) is 0 Å². The van der Waals surface area contributed by atoms with Gasteiger partial charge in [-0.05, 0) is 38.5 Å². The lowest BCUT2D eigenvalue weighted by atomic mass is 10.0. The van der Waals surface area contributed by atoms with Gasteiger partial charge in [-0.25, -0.2) is 0 Å². The van der Waals surface area contributed by atoms with Crippen LogP contribution < -0.4 is 0 Å². The van der Waals surface area contributed by atoms with Crippen LogP contribution in [0.2, 0.25) is 0 Å². The van der Waals surface area contributed by atoms with Crippen molar-refractivity contribution in [3.63, 3.8) is 0 Å². The van der Waals surface area contributed by atoms with E-state index in [2.05, 4.69) is 13.8 Å². The molecule has 0 bridgehead atoms. The number of hydrogen-bond donors (Lipinski definition) is 3. The number of unbranched alkanes of at least 4 members (excludes halogenated alkanes) is 15. The van der Waals surface area contributed by atoms with E-state index in [4.69, 9.17) is 9.47 Å². The average molecular weight is 701 g/mol. The molecule has 0 amide bonds. The first-order valence-electron chi connectivity index (χ1n) is 19.7. The molecule has 3 atom stereocenters. The minimum absolute atomic E-state index is 0.176. The lowest BCUT2D eigenvalue weighted by Gasteiger charge is -2.12. The molecule has 0 fully saturated rings. The van der Waals surface area contributed by atoms with Crippen molar-refractivity contribution in [1.82, 2.24) is 0 Å². The van der Waals surface area contributed by atoms with Gasteiger partial charge in [-0.1, -0.05) is 177 Å². The summed E-state index contributed by atoms with van der Waals surface area (Å²) in [5.41, 5.74) is 0. The summed E-state index contributed by atoms with van der Waals surface area (Å²) in [6.45, 7) is 3.94. The van der Waals surface area contributed by atoms with Crippen LogP contribution in [0.25, 0.3) is 0 Å². The topological polar surface area (TPSA) is 113 Å². The van der Waals surface area contributed by atoms with E-state index in [1.165, 1.54) is 77.0 Å². The van der Waals surface area contributed by atoms with Crippen LogP contribution in [-0.2, 0) is 19.1 Å². The molecular weight excluding hydrogens is 628 g/mol. The van der Waals surface area contributed by atoms with Gasteiger partial charge in [0.15, 0.2) is 0 Å². The highest BCUT2D eigenvalue weighted by atomic mass is 16.6. The van der Waals surface area contributed by atoms with Crippen LogP contribution in [0.4, 0.5) is 0 Å². The molecule has 0 aromatic heterocycles. The number of esters is 2. The van der Waals surface area contributed by atoms with Crippen molar-refractivity contribution in [3.8, 4) is 0 Å². The predicted molar refractivity (Wildman–Crippen MR) is 208 cm³/mol. The van der Waals surface area contributed by atoms with Crippen LogP contribution in [0.1, 0.15) is 155 Å². The van der Waals surface area contributed by atoms with Crippen molar-refractivity contribution in [2.24, 2.45) is 0 Å². The smallest absolute Gasteiger partial charge is 0.305 e. The number of aliphatic hydroxyl groups is 3. The standard InChI is InChI=1S/C43H72O7/c1-3-5-7-8-9-10-11-12-13-14-15-16-20-23-29-35-42(47)49-37-41(46)38-50-43(48)36-30-24-28-34-40(45)33-27-22-19-17-18-21-26-32-39(44)31-25-6-4-2/h6,18-19,21-22,25-28,32-34,39-41,44-46H,3-5,7-17,20,23-24,29-31,35-38H2,1-2H3/b21-18-,22-19-,25-6-,32-26+,33-27+,34-28-/t39-,40-,41-/m1/s1. The Morgan fingerprint density at radius 3 is 1.58 bits per heavy atom. The van der Waals surface area contributed by atoms with Gasteiger partial charge in [0, 0.05) is 12.8 Å². The fraction of sp³-hybridized carbons (Fsp3) is 0.674. The predicted octanol–water partition coefficient (Wildman–Crippen LogP) is 10.1. The summed E-state index contributed by atoms with van der Waals surface area (Å²) in [4.78, 5) is 23.9. The van der Waals surface area contributed by atoms with E-state index in [-0.39, 0.29) is 25.6 Å². The molecule has 7 heteroatoms. The third kappa shape index (κ3) is 36.5. The quantitative estimate of drug-likeness (QED) is 0.0265. The molecule has 0 saturated carbocycles. The summed E-state index contributed by atoms with van der Waals surface area (Å²) < 4.78 is 10.2. The van der Waals surface area contributed by atoms with Gasteiger partial charge in [0.2, 0.25) is 0 Å². The van der Waals surface area contributed by atoms with Gasteiger partial charge in [-0.2, -0.15) is 0 Å². The van der Waals surface area contributed by atoms with Crippen LogP contribution in [0, 0.1) is 0 Å². The van der Waals surface area contributed by atoms with E-state index < -0.39 is 24.3 Å². The Hall–Kier alpha value is -2.74.